The highest BCUT2D eigenvalue weighted by atomic mass is 16.1. The molecule has 3 heteroatoms. The minimum Gasteiger partial charge on any atom is -0.351 e. The van der Waals surface area contributed by atoms with Gasteiger partial charge in [-0.2, -0.15) is 0 Å². The second-order valence-corrected chi connectivity index (χ2v) is 3.96. The minimum absolute atomic E-state index is 0.0507. The lowest BCUT2D eigenvalue weighted by molar-refractivity contribution is 0.0949. The summed E-state index contributed by atoms with van der Waals surface area (Å²) in [5, 5.41) is 3.94. The first-order chi connectivity index (χ1) is 8.31. The molecule has 17 heavy (non-hydrogen) atoms. The van der Waals surface area contributed by atoms with Gasteiger partial charge in [0, 0.05) is 17.4 Å². The summed E-state index contributed by atoms with van der Waals surface area (Å²) >= 11 is 0. The van der Waals surface area contributed by atoms with E-state index in [1.54, 1.807) is 0 Å². The van der Waals surface area contributed by atoms with Crippen molar-refractivity contribution in [2.45, 2.75) is 12.8 Å². The first-order valence-electron chi connectivity index (χ1n) is 5.78. The lowest BCUT2D eigenvalue weighted by Crippen LogP contribution is -2.24. The molecule has 2 aromatic rings. The number of aromatic amines is 1. The van der Waals surface area contributed by atoms with Crippen LogP contribution in [0.15, 0.2) is 43.0 Å². The third kappa shape index (κ3) is 2.75. The van der Waals surface area contributed by atoms with Crippen molar-refractivity contribution in [1.82, 2.24) is 10.3 Å². The fourth-order valence-electron chi connectivity index (χ4n) is 1.74. The number of hydrogen-bond acceptors (Lipinski definition) is 1. The van der Waals surface area contributed by atoms with Gasteiger partial charge < -0.3 is 10.3 Å². The molecule has 3 nitrogen and oxygen atoms in total. The van der Waals surface area contributed by atoms with E-state index in [2.05, 4.69) is 16.9 Å². The monoisotopic (exact) mass is 228 g/mol. The summed E-state index contributed by atoms with van der Waals surface area (Å²) in [7, 11) is 0. The van der Waals surface area contributed by atoms with E-state index in [9.17, 15) is 4.79 Å². The number of benzene rings is 1. The molecule has 0 saturated heterocycles. The van der Waals surface area contributed by atoms with E-state index in [-0.39, 0.29) is 5.91 Å². The summed E-state index contributed by atoms with van der Waals surface area (Å²) in [4.78, 5) is 14.9. The molecule has 0 saturated carbocycles. The zero-order chi connectivity index (χ0) is 12.1. The van der Waals surface area contributed by atoms with E-state index in [1.807, 2.05) is 36.4 Å². The van der Waals surface area contributed by atoms with Crippen LogP contribution in [0.1, 0.15) is 23.3 Å². The number of unbranched alkanes of at least 4 members (excludes halogenated alkanes) is 1. The van der Waals surface area contributed by atoms with Gasteiger partial charge in [-0.15, -0.1) is 6.58 Å². The van der Waals surface area contributed by atoms with E-state index < -0.39 is 0 Å². The fraction of sp³-hybridized carbons (Fsp3) is 0.214. The molecule has 0 fully saturated rings. The highest BCUT2D eigenvalue weighted by Crippen LogP contribution is 2.14. The van der Waals surface area contributed by atoms with Crippen molar-refractivity contribution >= 4 is 16.8 Å². The van der Waals surface area contributed by atoms with Crippen molar-refractivity contribution in [2.75, 3.05) is 6.54 Å². The average Bonchev–Trinajstić information content (AvgIpc) is 2.78. The molecule has 0 aliphatic rings. The fourth-order valence-corrected chi connectivity index (χ4v) is 1.74. The van der Waals surface area contributed by atoms with Crippen LogP contribution in [0.2, 0.25) is 0 Å². The molecule has 0 bridgehead atoms. The molecule has 1 aromatic carbocycles. The number of nitrogens with one attached hydrogen (secondary N) is 2. The summed E-state index contributed by atoms with van der Waals surface area (Å²) in [6.07, 6.45) is 3.71. The third-order valence-corrected chi connectivity index (χ3v) is 2.65. The number of hydrogen-bond donors (Lipinski definition) is 2. The number of fused-ring (bicyclic) bond motifs is 1. The standard InChI is InChI=1S/C14H16N2O/c1-2-3-6-9-15-14(17)13-10-11-7-4-5-8-12(11)16-13/h2,4-5,7-8,10,16H,1,3,6,9H2,(H,15,17). The van der Waals surface area contributed by atoms with Gasteiger partial charge in [0.25, 0.3) is 5.91 Å². The number of carbonyl (C=O) groups is 1. The van der Waals surface area contributed by atoms with E-state index >= 15 is 0 Å². The Kier molecular flexibility index (Phi) is 3.60. The number of aromatic nitrogens is 1. The molecule has 0 atom stereocenters. The molecule has 0 unspecified atom stereocenters. The predicted octanol–water partition coefficient (Wildman–Crippen LogP) is 2.86. The number of carbonyl (C=O) groups excluding carboxylic acids is 1. The van der Waals surface area contributed by atoms with Crippen LogP contribution in [0.5, 0.6) is 0 Å². The van der Waals surface area contributed by atoms with Crippen molar-refractivity contribution in [3.63, 3.8) is 0 Å². The lowest BCUT2D eigenvalue weighted by atomic mass is 10.2. The maximum absolute atomic E-state index is 11.8. The number of rotatable bonds is 5. The van der Waals surface area contributed by atoms with Gasteiger partial charge in [0.15, 0.2) is 0 Å². The smallest absolute Gasteiger partial charge is 0.267 e. The number of allylic oxidation sites excluding steroid dienone is 1. The normalized spacial score (nSPS) is 10.4. The Labute approximate surface area is 101 Å². The zero-order valence-electron chi connectivity index (χ0n) is 9.70. The largest absolute Gasteiger partial charge is 0.351 e. The topological polar surface area (TPSA) is 44.9 Å². The first-order valence-corrected chi connectivity index (χ1v) is 5.78. The summed E-state index contributed by atoms with van der Waals surface area (Å²) in [6.45, 7) is 4.33. The summed E-state index contributed by atoms with van der Waals surface area (Å²) in [6, 6.07) is 9.73. The summed E-state index contributed by atoms with van der Waals surface area (Å²) in [5.41, 5.74) is 1.61. The Morgan fingerprint density at radius 3 is 3.00 bits per heavy atom. The molecule has 1 aromatic heterocycles. The molecule has 1 amide bonds. The van der Waals surface area contributed by atoms with E-state index in [1.165, 1.54) is 0 Å². The maximum Gasteiger partial charge on any atom is 0.267 e. The van der Waals surface area contributed by atoms with Crippen molar-refractivity contribution < 1.29 is 4.79 Å². The molecule has 88 valence electrons. The van der Waals surface area contributed by atoms with E-state index in [0.717, 1.165) is 23.7 Å². The van der Waals surface area contributed by atoms with Crippen LogP contribution in [-0.4, -0.2) is 17.4 Å². The van der Waals surface area contributed by atoms with Crippen LogP contribution in [0.3, 0.4) is 0 Å². The van der Waals surface area contributed by atoms with Gasteiger partial charge in [-0.25, -0.2) is 0 Å². The first kappa shape index (κ1) is 11.5. The Morgan fingerprint density at radius 2 is 2.24 bits per heavy atom. The van der Waals surface area contributed by atoms with Crippen LogP contribution in [0.4, 0.5) is 0 Å². The summed E-state index contributed by atoms with van der Waals surface area (Å²) < 4.78 is 0. The summed E-state index contributed by atoms with van der Waals surface area (Å²) in [5.74, 6) is -0.0507. The average molecular weight is 228 g/mol. The molecule has 1 heterocycles. The number of para-hydroxylation sites is 1. The van der Waals surface area contributed by atoms with Gasteiger partial charge in [-0.1, -0.05) is 24.3 Å². The van der Waals surface area contributed by atoms with Crippen LogP contribution in [0, 0.1) is 0 Å². The molecule has 0 aliphatic heterocycles. The van der Waals surface area contributed by atoms with E-state index in [0.29, 0.717) is 12.2 Å². The van der Waals surface area contributed by atoms with Crippen LogP contribution in [-0.2, 0) is 0 Å². The lowest BCUT2D eigenvalue weighted by Gasteiger charge is -2.01. The van der Waals surface area contributed by atoms with Crippen molar-refractivity contribution in [1.29, 1.82) is 0 Å². The SMILES string of the molecule is C=CCCCNC(=O)c1cc2ccccc2[nH]1. The quantitative estimate of drug-likeness (QED) is 0.600. The van der Waals surface area contributed by atoms with Crippen molar-refractivity contribution in [3.8, 4) is 0 Å². The molecule has 0 radical (unpaired) electrons. The second-order valence-electron chi connectivity index (χ2n) is 3.96. The predicted molar refractivity (Wildman–Crippen MR) is 70.1 cm³/mol. The highest BCUT2D eigenvalue weighted by Gasteiger charge is 2.07. The minimum atomic E-state index is -0.0507. The zero-order valence-corrected chi connectivity index (χ0v) is 9.70. The van der Waals surface area contributed by atoms with E-state index in [4.69, 9.17) is 0 Å². The Balaban J connectivity index is 2.01. The van der Waals surface area contributed by atoms with Gasteiger partial charge in [0.2, 0.25) is 0 Å². The van der Waals surface area contributed by atoms with Crippen LogP contribution in [0.25, 0.3) is 10.9 Å². The second kappa shape index (κ2) is 5.34. The van der Waals surface area contributed by atoms with Crippen molar-refractivity contribution in [2.24, 2.45) is 0 Å². The Hall–Kier alpha value is -2.03. The maximum atomic E-state index is 11.8. The van der Waals surface area contributed by atoms with Crippen LogP contribution < -0.4 is 5.32 Å². The Bertz CT molecular complexity index is 495. The number of H-pyrrole nitrogens is 1. The van der Waals surface area contributed by atoms with Crippen molar-refractivity contribution in [3.05, 3.63) is 48.7 Å². The molecule has 0 spiro atoms. The number of amides is 1. The molecular weight excluding hydrogens is 212 g/mol. The molecular formula is C14H16N2O. The molecule has 2 rings (SSSR count). The van der Waals surface area contributed by atoms with Gasteiger partial charge in [-0.05, 0) is 25.0 Å². The highest BCUT2D eigenvalue weighted by molar-refractivity contribution is 5.97. The van der Waals surface area contributed by atoms with Gasteiger partial charge in [-0.3, -0.25) is 4.79 Å². The van der Waals surface area contributed by atoms with Crippen LogP contribution >= 0.6 is 0 Å². The van der Waals surface area contributed by atoms with Gasteiger partial charge in [0.05, 0.1) is 0 Å². The molecule has 0 aliphatic carbocycles. The van der Waals surface area contributed by atoms with Gasteiger partial charge in [0.1, 0.15) is 5.69 Å². The molecule has 2 N–H and O–H groups in total. The third-order valence-electron chi connectivity index (χ3n) is 2.65. The van der Waals surface area contributed by atoms with Gasteiger partial charge >= 0.3 is 0 Å². The Morgan fingerprint density at radius 1 is 1.41 bits per heavy atom.